The van der Waals surface area contributed by atoms with E-state index in [1.165, 1.54) is 116 Å². The molecule has 0 saturated heterocycles. The number of esters is 2. The number of ether oxygens (including phenoxy) is 2. The van der Waals surface area contributed by atoms with Crippen LogP contribution >= 0.6 is 0 Å². The van der Waals surface area contributed by atoms with Crippen molar-refractivity contribution in [1.82, 2.24) is 15.5 Å². The van der Waals surface area contributed by atoms with E-state index in [1.807, 2.05) is 0 Å². The van der Waals surface area contributed by atoms with Crippen molar-refractivity contribution in [2.24, 2.45) is 11.8 Å². The number of rotatable bonds is 42. The van der Waals surface area contributed by atoms with Crippen molar-refractivity contribution in [3.8, 4) is 0 Å². The first-order chi connectivity index (χ1) is 29.8. The van der Waals surface area contributed by atoms with Crippen LogP contribution in [0.3, 0.4) is 0 Å². The molecule has 0 spiro atoms. The Morgan fingerprint density at radius 2 is 1.10 bits per heavy atom. The van der Waals surface area contributed by atoms with Crippen LogP contribution in [0.4, 0.5) is 0 Å². The van der Waals surface area contributed by atoms with Gasteiger partial charge in [-0.15, -0.1) is 0 Å². The maximum atomic E-state index is 12.9. The summed E-state index contributed by atoms with van der Waals surface area (Å²) in [5.74, 6) is 1.39. The van der Waals surface area contributed by atoms with E-state index in [-0.39, 0.29) is 23.8 Å². The van der Waals surface area contributed by atoms with Gasteiger partial charge in [0.25, 0.3) is 0 Å². The molecule has 9 nitrogen and oxygen atoms in total. The van der Waals surface area contributed by atoms with Gasteiger partial charge in [-0.3, -0.25) is 14.4 Å². The van der Waals surface area contributed by atoms with Crippen LogP contribution < -0.4 is 10.6 Å². The molecule has 1 fully saturated rings. The van der Waals surface area contributed by atoms with Crippen molar-refractivity contribution in [2.45, 2.75) is 251 Å². The molecule has 0 aromatic heterocycles. The average Bonchev–Trinajstić information content (AvgIpc) is 3.26. The number of carbonyl (C=O) groups excluding carboxylic acids is 3. The molecule has 2 aliphatic rings. The Balaban J connectivity index is 1.64. The first kappa shape index (κ1) is 55.0. The number of aliphatic hydroxyl groups is 1. The predicted molar refractivity (Wildman–Crippen MR) is 253 cm³/mol. The molecule has 0 aliphatic heterocycles. The van der Waals surface area contributed by atoms with Gasteiger partial charge >= 0.3 is 11.9 Å². The lowest BCUT2D eigenvalue weighted by Crippen LogP contribution is -2.47. The van der Waals surface area contributed by atoms with Crippen LogP contribution in [0.5, 0.6) is 0 Å². The Labute approximate surface area is 375 Å². The fraction of sp³-hybridized carbons (Fsp3) is 0.904. The van der Waals surface area contributed by atoms with E-state index in [2.05, 4.69) is 36.3 Å². The van der Waals surface area contributed by atoms with E-state index in [4.69, 9.17) is 9.47 Å². The van der Waals surface area contributed by atoms with Crippen molar-refractivity contribution in [3.63, 3.8) is 0 Å². The summed E-state index contributed by atoms with van der Waals surface area (Å²) in [7, 11) is 1.71. The third kappa shape index (κ3) is 27.0. The zero-order chi connectivity index (χ0) is 44.2. The van der Waals surface area contributed by atoms with Gasteiger partial charge in [0.2, 0.25) is 5.78 Å². The molecule has 1 unspecified atom stereocenters. The van der Waals surface area contributed by atoms with Gasteiger partial charge in [0.15, 0.2) is 6.10 Å². The summed E-state index contributed by atoms with van der Waals surface area (Å²) in [6, 6.07) is 0. The Morgan fingerprint density at radius 1 is 0.623 bits per heavy atom. The third-order valence-electron chi connectivity index (χ3n) is 13.5. The van der Waals surface area contributed by atoms with Gasteiger partial charge in [-0.2, -0.15) is 0 Å². The zero-order valence-corrected chi connectivity index (χ0v) is 40.3. The average molecular weight is 860 g/mol. The highest BCUT2D eigenvalue weighted by molar-refractivity contribution is 6.07. The largest absolute Gasteiger partial charge is 0.466 e. The molecule has 0 aromatic carbocycles. The van der Waals surface area contributed by atoms with Crippen LogP contribution in [0.25, 0.3) is 0 Å². The van der Waals surface area contributed by atoms with E-state index < -0.39 is 6.10 Å². The highest BCUT2D eigenvalue weighted by atomic mass is 16.5. The van der Waals surface area contributed by atoms with Crippen molar-refractivity contribution in [1.29, 1.82) is 0 Å². The highest BCUT2D eigenvalue weighted by Gasteiger charge is 2.37. The van der Waals surface area contributed by atoms with Crippen LogP contribution in [0.1, 0.15) is 239 Å². The number of carbonyl (C=O) groups is 3. The standard InChI is InChI=1S/C52H97N3O6/c1-5-8-10-12-16-22-30-46(31-23-17-13-11-9-6-2)61-48(57)33-25-19-15-21-27-41-55(42-28-39-54-50-49(53-4)51(58)52(50)59)40-26-20-14-18-24-32-47(56)60-43-38-45-36-34-44(29-7-3)35-37-45/h44-46,52-54,59H,5-43H2,1-4H3. The number of nitrogens with zero attached hydrogens (tertiary/aromatic N) is 1. The Hall–Kier alpha value is -2.13. The summed E-state index contributed by atoms with van der Waals surface area (Å²) in [6.45, 7) is 11.2. The topological polar surface area (TPSA) is 117 Å². The molecule has 61 heavy (non-hydrogen) atoms. The van der Waals surface area contributed by atoms with Crippen molar-refractivity contribution < 1.29 is 29.0 Å². The minimum atomic E-state index is -1.03. The Morgan fingerprint density at radius 3 is 1.64 bits per heavy atom. The molecule has 3 N–H and O–H groups in total. The summed E-state index contributed by atoms with van der Waals surface area (Å²) in [5.41, 5.74) is 1.11. The second-order valence-corrected chi connectivity index (χ2v) is 18.9. The lowest BCUT2D eigenvalue weighted by Gasteiger charge is -2.29. The summed E-state index contributed by atoms with van der Waals surface area (Å²) in [5, 5.41) is 16.2. The van der Waals surface area contributed by atoms with Gasteiger partial charge in [-0.25, -0.2) is 0 Å². The van der Waals surface area contributed by atoms with Gasteiger partial charge in [-0.1, -0.05) is 162 Å². The summed E-state index contributed by atoms with van der Waals surface area (Å²) >= 11 is 0. The lowest BCUT2D eigenvalue weighted by molar-refractivity contribution is -0.150. The van der Waals surface area contributed by atoms with E-state index >= 15 is 0 Å². The first-order valence-corrected chi connectivity index (χ1v) is 26.3. The van der Waals surface area contributed by atoms with E-state index in [9.17, 15) is 19.5 Å². The number of unbranched alkanes of at least 4 members (excludes halogenated alkanes) is 18. The summed E-state index contributed by atoms with van der Waals surface area (Å²) in [6.07, 6.45) is 38.2. The van der Waals surface area contributed by atoms with Crippen molar-refractivity contribution in [2.75, 3.05) is 39.8 Å². The van der Waals surface area contributed by atoms with Gasteiger partial charge in [0.1, 0.15) is 11.8 Å². The maximum absolute atomic E-state index is 12.9. The molecule has 2 rings (SSSR count). The zero-order valence-electron chi connectivity index (χ0n) is 40.3. The quantitative estimate of drug-likeness (QED) is 0.0407. The molecule has 356 valence electrons. The van der Waals surface area contributed by atoms with E-state index in [1.54, 1.807) is 7.05 Å². The number of aliphatic hydroxyl groups excluding tert-OH is 1. The fourth-order valence-electron chi connectivity index (χ4n) is 9.47. The van der Waals surface area contributed by atoms with Crippen LogP contribution in [0.2, 0.25) is 0 Å². The van der Waals surface area contributed by atoms with E-state index in [0.29, 0.717) is 37.4 Å². The molecule has 0 aromatic rings. The highest BCUT2D eigenvalue weighted by Crippen LogP contribution is 2.33. The third-order valence-corrected chi connectivity index (χ3v) is 13.5. The number of ketones is 1. The van der Waals surface area contributed by atoms with E-state index in [0.717, 1.165) is 121 Å². The van der Waals surface area contributed by atoms with Crippen LogP contribution in [0, 0.1) is 11.8 Å². The Bertz CT molecular complexity index is 1120. The molecule has 0 radical (unpaired) electrons. The molecule has 0 amide bonds. The SMILES string of the molecule is CCCCCCCCC(CCCCCCCC)OC(=O)CCCCCCCN(CCCCCCCC(=O)OCCC1CCC(CCC)CC1)CCCNC1=C(NC)C(=O)C1O. The number of nitrogens with one attached hydrogen (secondary N) is 2. The van der Waals surface area contributed by atoms with Crippen LogP contribution in [-0.4, -0.2) is 79.8 Å². The van der Waals surface area contributed by atoms with Crippen LogP contribution in [-0.2, 0) is 23.9 Å². The molecule has 0 bridgehead atoms. The van der Waals surface area contributed by atoms with Gasteiger partial charge < -0.3 is 30.1 Å². The first-order valence-electron chi connectivity index (χ1n) is 26.3. The Kier molecular flexibility index (Phi) is 33.6. The summed E-state index contributed by atoms with van der Waals surface area (Å²) < 4.78 is 11.7. The minimum Gasteiger partial charge on any atom is -0.466 e. The maximum Gasteiger partial charge on any atom is 0.306 e. The molecular formula is C52H97N3O6. The van der Waals surface area contributed by atoms with Gasteiger partial charge in [0, 0.05) is 26.4 Å². The molecule has 1 saturated carbocycles. The molecule has 2 aliphatic carbocycles. The number of hydrogen-bond donors (Lipinski definition) is 3. The second-order valence-electron chi connectivity index (χ2n) is 18.9. The predicted octanol–water partition coefficient (Wildman–Crippen LogP) is 12.3. The molecule has 0 heterocycles. The number of likely N-dealkylation sites (N-methyl/N-ethyl adjacent to an activating group) is 1. The van der Waals surface area contributed by atoms with Gasteiger partial charge in [0.05, 0.1) is 12.3 Å². The molecule has 1 atom stereocenters. The smallest absolute Gasteiger partial charge is 0.306 e. The minimum absolute atomic E-state index is 0.00306. The number of Topliss-reactive ketones (excluding diaryl/α,β-unsaturated/α-hetero) is 1. The molecule has 9 heteroatoms. The second kappa shape index (κ2) is 37.3. The lowest BCUT2D eigenvalue weighted by atomic mass is 9.79. The normalized spacial score (nSPS) is 17.9. The van der Waals surface area contributed by atoms with Crippen molar-refractivity contribution in [3.05, 3.63) is 11.4 Å². The molecular weight excluding hydrogens is 763 g/mol. The summed E-state index contributed by atoms with van der Waals surface area (Å²) in [4.78, 5) is 39.7. The number of hydrogen-bond acceptors (Lipinski definition) is 9. The van der Waals surface area contributed by atoms with Crippen molar-refractivity contribution >= 4 is 17.7 Å². The monoisotopic (exact) mass is 860 g/mol. The van der Waals surface area contributed by atoms with Crippen LogP contribution in [0.15, 0.2) is 11.4 Å². The van der Waals surface area contributed by atoms with Gasteiger partial charge in [-0.05, 0) is 95.7 Å². The fourth-order valence-corrected chi connectivity index (χ4v) is 9.47.